The van der Waals surface area contributed by atoms with E-state index < -0.39 is 0 Å². The van der Waals surface area contributed by atoms with Gasteiger partial charge in [0.1, 0.15) is 0 Å². The average Bonchev–Trinajstić information content (AvgIpc) is 2.69. The van der Waals surface area contributed by atoms with Gasteiger partial charge in [0, 0.05) is 25.1 Å². The van der Waals surface area contributed by atoms with Gasteiger partial charge in [0.25, 0.3) is 0 Å². The van der Waals surface area contributed by atoms with E-state index in [9.17, 15) is 9.59 Å². The highest BCUT2D eigenvalue weighted by atomic mass is 16.5. The minimum Gasteiger partial charge on any atom is -0.463 e. The topological polar surface area (TPSA) is 46.6 Å². The van der Waals surface area contributed by atoms with Gasteiger partial charge < -0.3 is 9.64 Å². The molecule has 0 bridgehead atoms. The van der Waals surface area contributed by atoms with E-state index in [1.807, 2.05) is 65.6 Å². The van der Waals surface area contributed by atoms with Crippen LogP contribution in [-0.2, 0) is 27.4 Å². The third-order valence-electron chi connectivity index (χ3n) is 4.22. The van der Waals surface area contributed by atoms with Crippen molar-refractivity contribution in [3.8, 4) is 0 Å². The Morgan fingerprint density at radius 2 is 1.41 bits per heavy atom. The van der Waals surface area contributed by atoms with Gasteiger partial charge in [0.2, 0.25) is 5.91 Å². The molecule has 0 unspecified atom stereocenters. The standard InChI is InChI=1S/C23H27NO3/c1-3-27-23(26)19(2)11-10-16-22(25)24(17-20-12-6-4-7-13-20)18-21-14-8-5-9-15-21/h4-9,12-15H,2-3,10-11,16-18H2,1H3. The Morgan fingerprint density at radius 3 is 1.89 bits per heavy atom. The number of amides is 1. The summed E-state index contributed by atoms with van der Waals surface area (Å²) < 4.78 is 4.93. The summed E-state index contributed by atoms with van der Waals surface area (Å²) in [6, 6.07) is 19.9. The average molecular weight is 365 g/mol. The minimum absolute atomic E-state index is 0.0689. The van der Waals surface area contributed by atoms with Crippen molar-refractivity contribution in [3.05, 3.63) is 83.9 Å². The summed E-state index contributed by atoms with van der Waals surface area (Å²) in [7, 11) is 0. The second-order valence-corrected chi connectivity index (χ2v) is 6.40. The van der Waals surface area contributed by atoms with Crippen molar-refractivity contribution in [2.75, 3.05) is 6.61 Å². The van der Waals surface area contributed by atoms with Crippen LogP contribution in [0.25, 0.3) is 0 Å². The predicted octanol–water partition coefficient (Wildman–Crippen LogP) is 4.51. The molecular weight excluding hydrogens is 338 g/mol. The van der Waals surface area contributed by atoms with Crippen molar-refractivity contribution in [3.63, 3.8) is 0 Å². The van der Waals surface area contributed by atoms with Crippen LogP contribution in [0.2, 0.25) is 0 Å². The van der Waals surface area contributed by atoms with Crippen LogP contribution in [0, 0.1) is 0 Å². The van der Waals surface area contributed by atoms with Crippen molar-refractivity contribution in [2.24, 2.45) is 0 Å². The van der Waals surface area contributed by atoms with Crippen LogP contribution in [0.5, 0.6) is 0 Å². The Hall–Kier alpha value is -2.88. The Morgan fingerprint density at radius 1 is 0.889 bits per heavy atom. The normalized spacial score (nSPS) is 10.3. The number of esters is 1. The molecule has 0 aromatic heterocycles. The van der Waals surface area contributed by atoms with Gasteiger partial charge in [-0.05, 0) is 30.9 Å². The van der Waals surface area contributed by atoms with Gasteiger partial charge in [-0.25, -0.2) is 4.79 Å². The Kier molecular flexibility index (Phi) is 8.30. The molecule has 142 valence electrons. The second kappa shape index (κ2) is 11.0. The second-order valence-electron chi connectivity index (χ2n) is 6.40. The number of hydrogen-bond donors (Lipinski definition) is 0. The van der Waals surface area contributed by atoms with Crippen molar-refractivity contribution in [1.82, 2.24) is 4.90 Å². The first kappa shape index (κ1) is 20.4. The lowest BCUT2D eigenvalue weighted by atomic mass is 10.1. The predicted molar refractivity (Wildman–Crippen MR) is 107 cm³/mol. The molecule has 27 heavy (non-hydrogen) atoms. The molecule has 0 radical (unpaired) electrons. The quantitative estimate of drug-likeness (QED) is 0.460. The van der Waals surface area contributed by atoms with E-state index in [-0.39, 0.29) is 11.9 Å². The highest BCUT2D eigenvalue weighted by molar-refractivity contribution is 5.87. The molecule has 0 atom stereocenters. The summed E-state index contributed by atoms with van der Waals surface area (Å²) >= 11 is 0. The Bertz CT molecular complexity index is 699. The van der Waals surface area contributed by atoms with Gasteiger partial charge in [0.15, 0.2) is 0 Å². The zero-order valence-corrected chi connectivity index (χ0v) is 15.9. The molecule has 4 nitrogen and oxygen atoms in total. The molecule has 0 aliphatic heterocycles. The number of hydrogen-bond acceptors (Lipinski definition) is 3. The molecule has 0 spiro atoms. The van der Waals surface area contributed by atoms with E-state index in [0.29, 0.717) is 44.5 Å². The maximum absolute atomic E-state index is 12.8. The molecule has 0 heterocycles. The number of nitrogens with zero attached hydrogens (tertiary/aromatic N) is 1. The van der Waals surface area contributed by atoms with Crippen molar-refractivity contribution >= 4 is 11.9 Å². The number of ether oxygens (including phenoxy) is 1. The minimum atomic E-state index is -0.379. The first-order valence-electron chi connectivity index (χ1n) is 9.30. The fourth-order valence-corrected chi connectivity index (χ4v) is 2.79. The van der Waals surface area contributed by atoms with E-state index in [0.717, 1.165) is 11.1 Å². The highest BCUT2D eigenvalue weighted by Gasteiger charge is 2.15. The zero-order valence-electron chi connectivity index (χ0n) is 15.9. The number of carbonyl (C=O) groups is 2. The molecule has 0 aliphatic carbocycles. The van der Waals surface area contributed by atoms with E-state index >= 15 is 0 Å². The van der Waals surface area contributed by atoms with E-state index in [4.69, 9.17) is 4.74 Å². The number of benzene rings is 2. The first-order chi connectivity index (χ1) is 13.1. The summed E-state index contributed by atoms with van der Waals surface area (Å²) in [6.07, 6.45) is 1.42. The lowest BCUT2D eigenvalue weighted by molar-refractivity contribution is -0.139. The van der Waals surface area contributed by atoms with Crippen molar-refractivity contribution < 1.29 is 14.3 Å². The van der Waals surface area contributed by atoms with Crippen LogP contribution < -0.4 is 0 Å². The molecule has 2 aromatic carbocycles. The fourth-order valence-electron chi connectivity index (χ4n) is 2.79. The van der Waals surface area contributed by atoms with Gasteiger partial charge >= 0.3 is 5.97 Å². The molecule has 2 aromatic rings. The number of rotatable bonds is 10. The Labute approximate surface area is 161 Å². The fraction of sp³-hybridized carbons (Fsp3) is 0.304. The highest BCUT2D eigenvalue weighted by Crippen LogP contribution is 2.14. The van der Waals surface area contributed by atoms with Crippen LogP contribution in [0.4, 0.5) is 0 Å². The molecule has 0 N–H and O–H groups in total. The maximum Gasteiger partial charge on any atom is 0.333 e. The van der Waals surface area contributed by atoms with Gasteiger partial charge in [0.05, 0.1) is 6.61 Å². The monoisotopic (exact) mass is 365 g/mol. The van der Waals surface area contributed by atoms with Crippen molar-refractivity contribution in [1.29, 1.82) is 0 Å². The van der Waals surface area contributed by atoms with Crippen LogP contribution >= 0.6 is 0 Å². The SMILES string of the molecule is C=C(CCCC(=O)N(Cc1ccccc1)Cc1ccccc1)C(=O)OCC. The molecule has 1 amide bonds. The zero-order chi connectivity index (χ0) is 19.5. The first-order valence-corrected chi connectivity index (χ1v) is 9.30. The van der Waals surface area contributed by atoms with Crippen LogP contribution in [0.1, 0.15) is 37.3 Å². The maximum atomic E-state index is 12.8. The molecule has 0 aliphatic rings. The molecule has 0 saturated carbocycles. The van der Waals surface area contributed by atoms with Crippen LogP contribution in [-0.4, -0.2) is 23.4 Å². The van der Waals surface area contributed by atoms with Gasteiger partial charge in [-0.2, -0.15) is 0 Å². The van der Waals surface area contributed by atoms with E-state index in [1.165, 1.54) is 0 Å². The smallest absolute Gasteiger partial charge is 0.333 e. The molecular formula is C23H27NO3. The molecule has 2 rings (SSSR count). The van der Waals surface area contributed by atoms with Crippen LogP contribution in [0.3, 0.4) is 0 Å². The largest absolute Gasteiger partial charge is 0.463 e. The molecule has 0 fully saturated rings. The lowest BCUT2D eigenvalue weighted by Crippen LogP contribution is -2.30. The summed E-state index contributed by atoms with van der Waals surface area (Å²) in [5.41, 5.74) is 2.61. The summed E-state index contributed by atoms with van der Waals surface area (Å²) in [5.74, 6) is -0.310. The van der Waals surface area contributed by atoms with Gasteiger partial charge in [-0.1, -0.05) is 67.2 Å². The third-order valence-corrected chi connectivity index (χ3v) is 4.22. The van der Waals surface area contributed by atoms with Gasteiger partial charge in [-0.3, -0.25) is 4.79 Å². The van der Waals surface area contributed by atoms with E-state index in [2.05, 4.69) is 6.58 Å². The van der Waals surface area contributed by atoms with Crippen molar-refractivity contribution in [2.45, 2.75) is 39.3 Å². The summed E-state index contributed by atoms with van der Waals surface area (Å²) in [5, 5.41) is 0. The lowest BCUT2D eigenvalue weighted by Gasteiger charge is -2.23. The molecule has 4 heteroatoms. The van der Waals surface area contributed by atoms with Gasteiger partial charge in [-0.15, -0.1) is 0 Å². The number of carbonyl (C=O) groups excluding carboxylic acids is 2. The van der Waals surface area contributed by atoms with E-state index in [1.54, 1.807) is 6.92 Å². The third kappa shape index (κ3) is 7.10. The van der Waals surface area contributed by atoms with Crippen LogP contribution in [0.15, 0.2) is 72.8 Å². The summed E-state index contributed by atoms with van der Waals surface area (Å²) in [6.45, 7) is 6.97. The molecule has 0 saturated heterocycles. The summed E-state index contributed by atoms with van der Waals surface area (Å²) in [4.78, 5) is 26.3. The Balaban J connectivity index is 1.96.